The van der Waals surface area contributed by atoms with Crippen molar-refractivity contribution in [3.8, 4) is 0 Å². The zero-order valence-electron chi connectivity index (χ0n) is 13.7. The van der Waals surface area contributed by atoms with E-state index in [-0.39, 0.29) is 11.4 Å². The molecular weight excluding hydrogens is 353 g/mol. The molecule has 0 aliphatic heterocycles. The first-order valence-electron chi connectivity index (χ1n) is 7.80. The maximum atomic E-state index is 13.0. The smallest absolute Gasteiger partial charge is 0.261 e. The van der Waals surface area contributed by atoms with Crippen LogP contribution in [0.2, 0.25) is 0 Å². The van der Waals surface area contributed by atoms with Gasteiger partial charge in [0.25, 0.3) is 5.56 Å². The number of fused-ring (bicyclic) bond motifs is 1. The number of aromatic nitrogens is 3. The molecule has 3 heterocycles. The van der Waals surface area contributed by atoms with Gasteiger partial charge in [0.2, 0.25) is 5.95 Å². The second-order valence-electron chi connectivity index (χ2n) is 5.64. The van der Waals surface area contributed by atoms with Crippen LogP contribution in [0, 0.1) is 5.82 Å². The Balaban J connectivity index is 1.62. The van der Waals surface area contributed by atoms with Gasteiger partial charge in [0.05, 0.1) is 11.1 Å². The van der Waals surface area contributed by atoms with Crippen molar-refractivity contribution < 1.29 is 4.39 Å². The van der Waals surface area contributed by atoms with Crippen molar-refractivity contribution in [2.75, 3.05) is 10.6 Å². The predicted molar refractivity (Wildman–Crippen MR) is 102 cm³/mol. The van der Waals surface area contributed by atoms with Crippen LogP contribution >= 0.6 is 11.3 Å². The van der Waals surface area contributed by atoms with Crippen LogP contribution in [0.5, 0.6) is 0 Å². The van der Waals surface area contributed by atoms with Crippen LogP contribution in [0.25, 0.3) is 10.1 Å². The summed E-state index contributed by atoms with van der Waals surface area (Å²) in [5.74, 6) is 0.613. The Morgan fingerprint density at radius 2 is 1.92 bits per heavy atom. The number of nitrogens with one attached hydrogen (secondary N) is 2. The number of aryl methyl sites for hydroxylation is 1. The second kappa shape index (κ2) is 6.57. The summed E-state index contributed by atoms with van der Waals surface area (Å²) >= 11 is 1.49. The van der Waals surface area contributed by atoms with E-state index in [2.05, 4.69) is 20.6 Å². The number of anilines is 4. The molecule has 130 valence electrons. The van der Waals surface area contributed by atoms with Crippen molar-refractivity contribution in [3.05, 3.63) is 70.3 Å². The van der Waals surface area contributed by atoms with Crippen molar-refractivity contribution >= 4 is 44.6 Å². The molecule has 0 aliphatic rings. The Kier molecular flexibility index (Phi) is 4.10. The number of pyridine rings is 1. The average Bonchev–Trinajstić information content (AvgIpc) is 3.04. The Bertz CT molecular complexity index is 1140. The Morgan fingerprint density at radius 1 is 1.12 bits per heavy atom. The molecule has 0 radical (unpaired) electrons. The minimum absolute atomic E-state index is 0.0648. The third-order valence-electron chi connectivity index (χ3n) is 3.82. The van der Waals surface area contributed by atoms with Crippen molar-refractivity contribution in [1.82, 2.24) is 14.5 Å². The van der Waals surface area contributed by atoms with Crippen LogP contribution < -0.4 is 16.2 Å². The highest BCUT2D eigenvalue weighted by atomic mass is 32.1. The van der Waals surface area contributed by atoms with E-state index in [0.717, 1.165) is 4.70 Å². The van der Waals surface area contributed by atoms with Gasteiger partial charge in [-0.1, -0.05) is 0 Å². The molecule has 0 spiro atoms. The molecular formula is C18H14FN5OS. The lowest BCUT2D eigenvalue weighted by atomic mass is 10.3. The third kappa shape index (κ3) is 3.14. The van der Waals surface area contributed by atoms with E-state index in [1.807, 2.05) is 11.4 Å². The molecule has 0 amide bonds. The maximum Gasteiger partial charge on any atom is 0.261 e. The van der Waals surface area contributed by atoms with E-state index in [1.54, 1.807) is 42.2 Å². The molecule has 4 aromatic rings. The summed E-state index contributed by atoms with van der Waals surface area (Å²) in [5, 5.41) is 8.71. The van der Waals surface area contributed by atoms with Crippen LogP contribution in [-0.4, -0.2) is 14.5 Å². The lowest BCUT2D eigenvalue weighted by molar-refractivity contribution is 0.628. The van der Waals surface area contributed by atoms with E-state index >= 15 is 0 Å². The van der Waals surface area contributed by atoms with Crippen molar-refractivity contribution in [3.63, 3.8) is 0 Å². The molecule has 0 unspecified atom stereocenters. The SMILES string of the molecule is Cn1ccc2scc(Nc3ccnc(Nc4ccc(F)cc4)n3)c2c1=O. The zero-order chi connectivity index (χ0) is 18.1. The third-order valence-corrected chi connectivity index (χ3v) is 4.77. The Hall–Kier alpha value is -3.26. The molecule has 4 rings (SSSR count). The summed E-state index contributed by atoms with van der Waals surface area (Å²) in [6, 6.07) is 9.56. The Morgan fingerprint density at radius 3 is 2.73 bits per heavy atom. The minimum Gasteiger partial charge on any atom is -0.339 e. The lowest BCUT2D eigenvalue weighted by Gasteiger charge is -2.08. The largest absolute Gasteiger partial charge is 0.339 e. The number of nitrogens with zero attached hydrogens (tertiary/aromatic N) is 3. The van der Waals surface area contributed by atoms with Gasteiger partial charge in [-0.25, -0.2) is 9.37 Å². The summed E-state index contributed by atoms with van der Waals surface area (Å²) in [4.78, 5) is 20.9. The molecule has 26 heavy (non-hydrogen) atoms. The number of halogens is 1. The fourth-order valence-corrected chi connectivity index (χ4v) is 3.40. The quantitative estimate of drug-likeness (QED) is 0.570. The van der Waals surface area contributed by atoms with Gasteiger partial charge in [-0.15, -0.1) is 11.3 Å². The number of hydrogen-bond acceptors (Lipinski definition) is 6. The van der Waals surface area contributed by atoms with Gasteiger partial charge in [0, 0.05) is 35.2 Å². The van der Waals surface area contributed by atoms with Gasteiger partial charge in [0.1, 0.15) is 11.6 Å². The second-order valence-corrected chi connectivity index (χ2v) is 6.55. The van der Waals surface area contributed by atoms with Gasteiger partial charge in [-0.3, -0.25) is 4.79 Å². The molecule has 0 atom stereocenters. The van der Waals surface area contributed by atoms with Crippen LogP contribution in [0.3, 0.4) is 0 Å². The predicted octanol–water partition coefficient (Wildman–Crippen LogP) is 4.02. The van der Waals surface area contributed by atoms with Gasteiger partial charge in [0.15, 0.2) is 0 Å². The molecule has 0 saturated heterocycles. The van der Waals surface area contributed by atoms with Gasteiger partial charge < -0.3 is 15.2 Å². The van der Waals surface area contributed by atoms with Crippen LogP contribution in [-0.2, 0) is 7.05 Å². The number of benzene rings is 1. The minimum atomic E-state index is -0.308. The maximum absolute atomic E-state index is 13.0. The average molecular weight is 367 g/mol. The molecule has 0 saturated carbocycles. The zero-order valence-corrected chi connectivity index (χ0v) is 14.5. The highest BCUT2D eigenvalue weighted by Gasteiger charge is 2.10. The van der Waals surface area contributed by atoms with Crippen LogP contribution in [0.1, 0.15) is 0 Å². The standard InChI is InChI=1S/C18H14FN5OS/c1-24-9-7-14-16(17(24)25)13(10-26-14)22-15-6-8-20-18(23-15)21-12-4-2-11(19)3-5-12/h2-10H,1H3,(H2,20,21,22,23). The van der Waals surface area contributed by atoms with Crippen LogP contribution in [0.15, 0.2) is 59.0 Å². The first-order chi connectivity index (χ1) is 12.6. The lowest BCUT2D eigenvalue weighted by Crippen LogP contribution is -2.15. The molecule has 0 aliphatic carbocycles. The van der Waals surface area contributed by atoms with Crippen molar-refractivity contribution in [2.24, 2.45) is 7.05 Å². The molecule has 6 nitrogen and oxygen atoms in total. The highest BCUT2D eigenvalue weighted by molar-refractivity contribution is 7.17. The monoisotopic (exact) mass is 367 g/mol. The molecule has 8 heteroatoms. The first kappa shape index (κ1) is 16.2. The van der Waals surface area contributed by atoms with E-state index in [0.29, 0.717) is 28.5 Å². The summed E-state index contributed by atoms with van der Waals surface area (Å²) < 4.78 is 15.4. The molecule has 2 N–H and O–H groups in total. The number of thiophene rings is 1. The van der Waals surface area contributed by atoms with Crippen LogP contribution in [0.4, 0.5) is 27.5 Å². The van der Waals surface area contributed by atoms with E-state index in [9.17, 15) is 9.18 Å². The van der Waals surface area contributed by atoms with Crippen molar-refractivity contribution in [1.29, 1.82) is 0 Å². The first-order valence-corrected chi connectivity index (χ1v) is 8.67. The number of hydrogen-bond donors (Lipinski definition) is 2. The van der Waals surface area contributed by atoms with E-state index in [4.69, 9.17) is 0 Å². The van der Waals surface area contributed by atoms with Crippen molar-refractivity contribution in [2.45, 2.75) is 0 Å². The molecule has 0 fully saturated rings. The van der Waals surface area contributed by atoms with Gasteiger partial charge >= 0.3 is 0 Å². The van der Waals surface area contributed by atoms with E-state index < -0.39 is 0 Å². The fourth-order valence-electron chi connectivity index (χ4n) is 2.52. The van der Waals surface area contributed by atoms with Gasteiger partial charge in [-0.05, 0) is 36.4 Å². The molecule has 3 aromatic heterocycles. The summed E-state index contributed by atoms with van der Waals surface area (Å²) in [5.41, 5.74) is 1.32. The Labute approximate surface area is 152 Å². The summed E-state index contributed by atoms with van der Waals surface area (Å²) in [6.07, 6.45) is 3.36. The van der Waals surface area contributed by atoms with E-state index in [1.165, 1.54) is 23.5 Å². The van der Waals surface area contributed by atoms with Gasteiger partial charge in [-0.2, -0.15) is 4.98 Å². The molecule has 1 aromatic carbocycles. The normalized spacial score (nSPS) is 10.8. The number of rotatable bonds is 4. The molecule has 0 bridgehead atoms. The highest BCUT2D eigenvalue weighted by Crippen LogP contribution is 2.29. The summed E-state index contributed by atoms with van der Waals surface area (Å²) in [6.45, 7) is 0. The summed E-state index contributed by atoms with van der Waals surface area (Å²) in [7, 11) is 1.72. The topological polar surface area (TPSA) is 71.8 Å². The fraction of sp³-hybridized carbons (Fsp3) is 0.0556.